The van der Waals surface area contributed by atoms with Gasteiger partial charge in [0.25, 0.3) is 0 Å². The van der Waals surface area contributed by atoms with Gasteiger partial charge in [0.05, 0.1) is 11.9 Å². The number of hydrogen-bond acceptors (Lipinski definition) is 6. The normalized spacial score (nSPS) is 21.9. The van der Waals surface area contributed by atoms with Gasteiger partial charge in [-0.25, -0.2) is 0 Å². The zero-order chi connectivity index (χ0) is 17.5. The van der Waals surface area contributed by atoms with E-state index in [0.717, 1.165) is 55.0 Å². The van der Waals surface area contributed by atoms with Gasteiger partial charge in [-0.2, -0.15) is 5.10 Å². The first-order chi connectivity index (χ1) is 12.8. The molecule has 2 saturated heterocycles. The Morgan fingerprint density at radius 2 is 1.85 bits per heavy atom. The minimum atomic E-state index is 0.188. The number of phenolic OH excluding ortho intramolecular Hbond substituents is 1. The number of hydrogen-bond donors (Lipinski definition) is 3. The van der Waals surface area contributed by atoms with Crippen LogP contribution in [-0.4, -0.2) is 51.7 Å². The summed E-state index contributed by atoms with van der Waals surface area (Å²) in [5.74, 6) is 2.54. The highest BCUT2D eigenvalue weighted by molar-refractivity contribution is 5.73. The van der Waals surface area contributed by atoms with Crippen molar-refractivity contribution in [2.45, 2.75) is 0 Å². The summed E-state index contributed by atoms with van der Waals surface area (Å²) < 4.78 is 0. The van der Waals surface area contributed by atoms with Gasteiger partial charge in [-0.1, -0.05) is 6.07 Å². The van der Waals surface area contributed by atoms with E-state index in [4.69, 9.17) is 0 Å². The molecule has 5 rings (SSSR count). The SMILES string of the molecule is Oc1cc(-c2cn[nH]c2)ccc1-c1ccc(N2C[C@H]3CNC[C@H]3C2)nn1. The van der Waals surface area contributed by atoms with E-state index < -0.39 is 0 Å². The molecule has 0 amide bonds. The zero-order valence-electron chi connectivity index (χ0n) is 14.3. The second kappa shape index (κ2) is 6.10. The molecule has 7 nitrogen and oxygen atoms in total. The maximum atomic E-state index is 10.4. The Morgan fingerprint density at radius 3 is 2.50 bits per heavy atom. The molecule has 0 spiro atoms. The molecule has 2 aliphatic rings. The van der Waals surface area contributed by atoms with Gasteiger partial charge in [-0.3, -0.25) is 5.10 Å². The molecule has 0 radical (unpaired) electrons. The number of nitrogens with zero attached hydrogens (tertiary/aromatic N) is 4. The zero-order valence-corrected chi connectivity index (χ0v) is 14.3. The summed E-state index contributed by atoms with van der Waals surface area (Å²) in [5, 5.41) is 29.3. The minimum Gasteiger partial charge on any atom is -0.507 e. The third-order valence-electron chi connectivity index (χ3n) is 5.47. The van der Waals surface area contributed by atoms with Crippen molar-refractivity contribution < 1.29 is 5.11 Å². The molecule has 0 unspecified atom stereocenters. The van der Waals surface area contributed by atoms with E-state index in [1.54, 1.807) is 18.5 Å². The van der Waals surface area contributed by atoms with Gasteiger partial charge in [0.15, 0.2) is 5.82 Å². The number of benzene rings is 1. The highest BCUT2D eigenvalue weighted by atomic mass is 16.3. The van der Waals surface area contributed by atoms with Crippen LogP contribution in [0.3, 0.4) is 0 Å². The van der Waals surface area contributed by atoms with Crippen LogP contribution in [-0.2, 0) is 0 Å². The molecular weight excluding hydrogens is 328 g/mol. The van der Waals surface area contributed by atoms with Crippen LogP contribution in [0.2, 0.25) is 0 Å². The Labute approximate surface area is 151 Å². The number of aromatic amines is 1. The van der Waals surface area contributed by atoms with Crippen LogP contribution in [0.25, 0.3) is 22.4 Å². The number of H-pyrrole nitrogens is 1. The summed E-state index contributed by atoms with van der Waals surface area (Å²) >= 11 is 0. The summed E-state index contributed by atoms with van der Waals surface area (Å²) in [6.07, 6.45) is 3.52. The van der Waals surface area contributed by atoms with Crippen LogP contribution in [0.1, 0.15) is 0 Å². The van der Waals surface area contributed by atoms with Gasteiger partial charge >= 0.3 is 0 Å². The lowest BCUT2D eigenvalue weighted by Crippen LogP contribution is -2.26. The number of fused-ring (bicyclic) bond motifs is 1. The van der Waals surface area contributed by atoms with Gasteiger partial charge < -0.3 is 15.3 Å². The van der Waals surface area contributed by atoms with E-state index in [-0.39, 0.29) is 5.75 Å². The molecule has 132 valence electrons. The average Bonchev–Trinajstić information content (AvgIpc) is 3.39. The van der Waals surface area contributed by atoms with Crippen LogP contribution in [0.5, 0.6) is 5.75 Å². The maximum Gasteiger partial charge on any atom is 0.151 e. The van der Waals surface area contributed by atoms with Crippen molar-refractivity contribution in [3.8, 4) is 28.1 Å². The summed E-state index contributed by atoms with van der Waals surface area (Å²) in [6.45, 7) is 4.28. The fraction of sp³-hybridized carbons (Fsp3) is 0.316. The summed E-state index contributed by atoms with van der Waals surface area (Å²) in [4.78, 5) is 2.31. The quantitative estimate of drug-likeness (QED) is 0.670. The van der Waals surface area contributed by atoms with Crippen molar-refractivity contribution in [3.05, 3.63) is 42.7 Å². The first kappa shape index (κ1) is 15.3. The molecule has 3 N–H and O–H groups in total. The molecule has 7 heteroatoms. The minimum absolute atomic E-state index is 0.188. The topological polar surface area (TPSA) is 90.0 Å². The standard InChI is InChI=1S/C19H20N6O/c26-18-5-12(13-8-21-22-9-13)1-2-16(18)17-3-4-19(24-23-17)25-10-14-6-20-7-15(14)11-25/h1-5,8-9,14-15,20,26H,6-7,10-11H2,(H,21,22)/t14-,15+. The van der Waals surface area contributed by atoms with Gasteiger partial charge in [-0.15, -0.1) is 10.2 Å². The lowest BCUT2D eigenvalue weighted by Gasteiger charge is -2.18. The van der Waals surface area contributed by atoms with Crippen molar-refractivity contribution in [2.75, 3.05) is 31.1 Å². The van der Waals surface area contributed by atoms with Crippen molar-refractivity contribution in [2.24, 2.45) is 11.8 Å². The van der Waals surface area contributed by atoms with Gasteiger partial charge in [-0.05, 0) is 41.7 Å². The Hall–Kier alpha value is -2.93. The number of anilines is 1. The lowest BCUT2D eigenvalue weighted by atomic mass is 10.0. The average molecular weight is 348 g/mol. The first-order valence-electron chi connectivity index (χ1n) is 8.90. The van der Waals surface area contributed by atoms with Crippen LogP contribution in [0.15, 0.2) is 42.7 Å². The van der Waals surface area contributed by atoms with E-state index in [1.165, 1.54) is 0 Å². The second-order valence-electron chi connectivity index (χ2n) is 7.08. The fourth-order valence-electron chi connectivity index (χ4n) is 4.02. The molecule has 26 heavy (non-hydrogen) atoms. The highest BCUT2D eigenvalue weighted by Crippen LogP contribution is 2.33. The van der Waals surface area contributed by atoms with E-state index in [0.29, 0.717) is 11.3 Å². The number of aromatic nitrogens is 4. The second-order valence-corrected chi connectivity index (χ2v) is 7.08. The van der Waals surface area contributed by atoms with Crippen molar-refractivity contribution in [1.29, 1.82) is 0 Å². The van der Waals surface area contributed by atoms with Crippen LogP contribution in [0.4, 0.5) is 5.82 Å². The Kier molecular flexibility index (Phi) is 3.60. The van der Waals surface area contributed by atoms with Crippen molar-refractivity contribution in [3.63, 3.8) is 0 Å². The lowest BCUT2D eigenvalue weighted by molar-refractivity contribution is 0.477. The smallest absolute Gasteiger partial charge is 0.151 e. The van der Waals surface area contributed by atoms with Crippen LogP contribution >= 0.6 is 0 Å². The third-order valence-corrected chi connectivity index (χ3v) is 5.47. The van der Waals surface area contributed by atoms with Crippen LogP contribution < -0.4 is 10.2 Å². The molecule has 2 aliphatic heterocycles. The molecule has 0 aliphatic carbocycles. The number of nitrogens with one attached hydrogen (secondary N) is 2. The van der Waals surface area contributed by atoms with E-state index in [9.17, 15) is 5.11 Å². The van der Waals surface area contributed by atoms with E-state index in [2.05, 4.69) is 30.6 Å². The number of aromatic hydroxyl groups is 1. The highest BCUT2D eigenvalue weighted by Gasteiger charge is 2.36. The Balaban J connectivity index is 1.37. The monoisotopic (exact) mass is 348 g/mol. The molecule has 2 fully saturated rings. The molecule has 2 atom stereocenters. The number of phenols is 1. The molecule has 0 saturated carbocycles. The molecule has 0 bridgehead atoms. The Bertz CT molecular complexity index is 896. The predicted molar refractivity (Wildman–Crippen MR) is 98.8 cm³/mol. The summed E-state index contributed by atoms with van der Waals surface area (Å²) in [7, 11) is 0. The molecule has 3 aromatic rings. The van der Waals surface area contributed by atoms with Gasteiger partial charge in [0, 0.05) is 43.5 Å². The van der Waals surface area contributed by atoms with Crippen molar-refractivity contribution in [1.82, 2.24) is 25.7 Å². The fourth-order valence-corrected chi connectivity index (χ4v) is 4.02. The van der Waals surface area contributed by atoms with E-state index in [1.807, 2.05) is 24.3 Å². The summed E-state index contributed by atoms with van der Waals surface area (Å²) in [6, 6.07) is 9.48. The van der Waals surface area contributed by atoms with Gasteiger partial charge in [0.1, 0.15) is 5.75 Å². The first-order valence-corrected chi connectivity index (χ1v) is 8.90. The van der Waals surface area contributed by atoms with Gasteiger partial charge in [0.2, 0.25) is 0 Å². The Morgan fingerprint density at radius 1 is 1.00 bits per heavy atom. The maximum absolute atomic E-state index is 10.4. The molecule has 2 aromatic heterocycles. The van der Waals surface area contributed by atoms with Crippen LogP contribution in [0, 0.1) is 11.8 Å². The third kappa shape index (κ3) is 2.61. The molecular formula is C19H20N6O. The molecule has 1 aromatic carbocycles. The molecule has 4 heterocycles. The van der Waals surface area contributed by atoms with Crippen molar-refractivity contribution >= 4 is 5.82 Å². The number of rotatable bonds is 3. The van der Waals surface area contributed by atoms with E-state index >= 15 is 0 Å². The predicted octanol–water partition coefficient (Wildman–Crippen LogP) is 1.89. The largest absolute Gasteiger partial charge is 0.507 e. The summed E-state index contributed by atoms with van der Waals surface area (Å²) in [5.41, 5.74) is 3.19.